The predicted molar refractivity (Wildman–Crippen MR) is 64.4 cm³/mol. The molecule has 16 heavy (non-hydrogen) atoms. The zero-order chi connectivity index (χ0) is 12.4. The van der Waals surface area contributed by atoms with Gasteiger partial charge >= 0.3 is 0 Å². The summed E-state index contributed by atoms with van der Waals surface area (Å²) >= 11 is 0. The Labute approximate surface area is 98.7 Å². The van der Waals surface area contributed by atoms with Gasteiger partial charge in [-0.3, -0.25) is 4.79 Å². The molecule has 0 radical (unpaired) electrons. The first-order chi connectivity index (χ1) is 7.45. The lowest BCUT2D eigenvalue weighted by atomic mass is 9.99. The van der Waals surface area contributed by atoms with Gasteiger partial charge < -0.3 is 14.8 Å². The van der Waals surface area contributed by atoms with Crippen molar-refractivity contribution in [2.75, 3.05) is 33.0 Å². The molecule has 96 valence electrons. The number of nitrogens with one attached hydrogen (secondary N) is 1. The molecule has 0 spiro atoms. The molecule has 0 aliphatic carbocycles. The molecule has 0 saturated heterocycles. The van der Waals surface area contributed by atoms with Crippen LogP contribution < -0.4 is 5.32 Å². The molecule has 0 heterocycles. The van der Waals surface area contributed by atoms with Crippen LogP contribution in [-0.2, 0) is 14.3 Å². The van der Waals surface area contributed by atoms with Gasteiger partial charge in [0, 0.05) is 13.0 Å². The Bertz CT molecular complexity index is 187. The molecule has 0 rings (SSSR count). The highest BCUT2D eigenvalue weighted by molar-refractivity contribution is 5.75. The third-order valence-corrected chi connectivity index (χ3v) is 1.75. The van der Waals surface area contributed by atoms with Crippen molar-refractivity contribution in [1.29, 1.82) is 0 Å². The first-order valence-electron chi connectivity index (χ1n) is 5.88. The van der Waals surface area contributed by atoms with Crippen LogP contribution >= 0.6 is 0 Å². The molecule has 0 saturated carbocycles. The van der Waals surface area contributed by atoms with Crippen LogP contribution in [-0.4, -0.2) is 38.9 Å². The molecule has 0 fully saturated rings. The number of hydrogen-bond acceptors (Lipinski definition) is 3. The van der Waals surface area contributed by atoms with Gasteiger partial charge in [0.05, 0.1) is 26.4 Å². The van der Waals surface area contributed by atoms with Crippen LogP contribution in [0.4, 0.5) is 0 Å². The van der Waals surface area contributed by atoms with E-state index < -0.39 is 0 Å². The maximum Gasteiger partial charge on any atom is 0.222 e. The summed E-state index contributed by atoms with van der Waals surface area (Å²) in [6.45, 7) is 11.3. The molecule has 1 N–H and O–H groups in total. The fourth-order valence-corrected chi connectivity index (χ4v) is 1.05. The summed E-state index contributed by atoms with van der Waals surface area (Å²) < 4.78 is 10.7. The second-order valence-corrected chi connectivity index (χ2v) is 4.93. The van der Waals surface area contributed by atoms with Crippen molar-refractivity contribution in [3.05, 3.63) is 0 Å². The smallest absolute Gasteiger partial charge is 0.222 e. The van der Waals surface area contributed by atoms with Crippen LogP contribution in [0.25, 0.3) is 0 Å². The fraction of sp³-hybridized carbons (Fsp3) is 0.917. The number of amides is 1. The standard InChI is InChI=1S/C12H25NO3/c1-5-13-11(14)6-7-15-8-9-16-10-12(2,3)4/h5-10H2,1-4H3,(H,13,14). The second kappa shape index (κ2) is 8.53. The Morgan fingerprint density at radius 2 is 1.75 bits per heavy atom. The van der Waals surface area contributed by atoms with Crippen molar-refractivity contribution in [1.82, 2.24) is 5.32 Å². The van der Waals surface area contributed by atoms with Gasteiger partial charge in [0.1, 0.15) is 0 Å². The van der Waals surface area contributed by atoms with Crippen LogP contribution in [0.1, 0.15) is 34.1 Å². The van der Waals surface area contributed by atoms with Crippen molar-refractivity contribution in [3.8, 4) is 0 Å². The number of carbonyl (C=O) groups excluding carboxylic acids is 1. The molecule has 1 amide bonds. The van der Waals surface area contributed by atoms with Gasteiger partial charge in [-0.1, -0.05) is 20.8 Å². The molecule has 4 heteroatoms. The Hall–Kier alpha value is -0.610. The Morgan fingerprint density at radius 1 is 1.12 bits per heavy atom. The number of hydrogen-bond donors (Lipinski definition) is 1. The quantitative estimate of drug-likeness (QED) is 0.645. The summed E-state index contributed by atoms with van der Waals surface area (Å²) in [6, 6.07) is 0. The van der Waals surface area contributed by atoms with E-state index in [0.717, 1.165) is 6.61 Å². The average molecular weight is 231 g/mol. The van der Waals surface area contributed by atoms with Crippen LogP contribution in [0.3, 0.4) is 0 Å². The Morgan fingerprint density at radius 3 is 2.31 bits per heavy atom. The molecule has 0 aromatic rings. The van der Waals surface area contributed by atoms with E-state index in [4.69, 9.17) is 9.47 Å². The minimum absolute atomic E-state index is 0.0399. The fourth-order valence-electron chi connectivity index (χ4n) is 1.05. The number of rotatable bonds is 8. The summed E-state index contributed by atoms with van der Waals surface area (Å²) in [5.74, 6) is 0.0399. The highest BCUT2D eigenvalue weighted by Crippen LogP contribution is 2.12. The van der Waals surface area contributed by atoms with E-state index in [2.05, 4.69) is 26.1 Å². The normalized spacial score (nSPS) is 11.5. The highest BCUT2D eigenvalue weighted by atomic mass is 16.5. The molecular formula is C12H25NO3. The molecule has 0 aromatic carbocycles. The summed E-state index contributed by atoms with van der Waals surface area (Å²) in [5, 5.41) is 2.72. The van der Waals surface area contributed by atoms with E-state index >= 15 is 0 Å². The minimum Gasteiger partial charge on any atom is -0.379 e. The lowest BCUT2D eigenvalue weighted by molar-refractivity contribution is -0.122. The van der Waals surface area contributed by atoms with Crippen LogP contribution in [0.2, 0.25) is 0 Å². The van der Waals surface area contributed by atoms with E-state index in [9.17, 15) is 4.79 Å². The maximum absolute atomic E-state index is 11.0. The topological polar surface area (TPSA) is 47.6 Å². The first kappa shape index (κ1) is 15.4. The van der Waals surface area contributed by atoms with Gasteiger partial charge in [0.2, 0.25) is 5.91 Å². The SMILES string of the molecule is CCNC(=O)CCOCCOCC(C)(C)C. The molecule has 0 aliphatic rings. The van der Waals surface area contributed by atoms with E-state index in [1.54, 1.807) is 0 Å². The molecule has 0 aromatic heterocycles. The minimum atomic E-state index is 0.0399. The average Bonchev–Trinajstić information content (AvgIpc) is 2.15. The van der Waals surface area contributed by atoms with Gasteiger partial charge in [-0.05, 0) is 12.3 Å². The van der Waals surface area contributed by atoms with Crippen molar-refractivity contribution < 1.29 is 14.3 Å². The lowest BCUT2D eigenvalue weighted by Crippen LogP contribution is -2.24. The van der Waals surface area contributed by atoms with Crippen molar-refractivity contribution in [3.63, 3.8) is 0 Å². The van der Waals surface area contributed by atoms with E-state index in [0.29, 0.717) is 32.8 Å². The molecular weight excluding hydrogens is 206 g/mol. The summed E-state index contributed by atoms with van der Waals surface area (Å²) in [5.41, 5.74) is 0.195. The second-order valence-electron chi connectivity index (χ2n) is 4.93. The zero-order valence-corrected chi connectivity index (χ0v) is 11.0. The third kappa shape index (κ3) is 11.5. The molecule has 0 unspecified atom stereocenters. The molecule has 4 nitrogen and oxygen atoms in total. The van der Waals surface area contributed by atoms with Gasteiger partial charge in [-0.15, -0.1) is 0 Å². The van der Waals surface area contributed by atoms with Crippen LogP contribution in [0.5, 0.6) is 0 Å². The highest BCUT2D eigenvalue weighted by Gasteiger charge is 2.09. The van der Waals surface area contributed by atoms with Gasteiger partial charge in [-0.2, -0.15) is 0 Å². The van der Waals surface area contributed by atoms with Gasteiger partial charge in [-0.25, -0.2) is 0 Å². The van der Waals surface area contributed by atoms with Crippen molar-refractivity contribution in [2.24, 2.45) is 5.41 Å². The van der Waals surface area contributed by atoms with Gasteiger partial charge in [0.15, 0.2) is 0 Å². The summed E-state index contributed by atoms with van der Waals surface area (Å²) in [4.78, 5) is 11.0. The largest absolute Gasteiger partial charge is 0.379 e. The number of carbonyl (C=O) groups is 1. The van der Waals surface area contributed by atoms with E-state index in [-0.39, 0.29) is 11.3 Å². The van der Waals surface area contributed by atoms with E-state index in [1.165, 1.54) is 0 Å². The maximum atomic E-state index is 11.0. The third-order valence-electron chi connectivity index (χ3n) is 1.75. The van der Waals surface area contributed by atoms with Crippen LogP contribution in [0, 0.1) is 5.41 Å². The predicted octanol–water partition coefficient (Wildman–Crippen LogP) is 1.59. The van der Waals surface area contributed by atoms with Gasteiger partial charge in [0.25, 0.3) is 0 Å². The molecule has 0 atom stereocenters. The number of ether oxygens (including phenoxy) is 2. The summed E-state index contributed by atoms with van der Waals surface area (Å²) in [6.07, 6.45) is 0.424. The lowest BCUT2D eigenvalue weighted by Gasteiger charge is -2.17. The molecule has 0 bridgehead atoms. The van der Waals surface area contributed by atoms with Crippen LogP contribution in [0.15, 0.2) is 0 Å². The first-order valence-corrected chi connectivity index (χ1v) is 5.88. The van der Waals surface area contributed by atoms with E-state index in [1.807, 2.05) is 6.92 Å². The van der Waals surface area contributed by atoms with Crippen molar-refractivity contribution >= 4 is 5.91 Å². The van der Waals surface area contributed by atoms with Crippen molar-refractivity contribution in [2.45, 2.75) is 34.1 Å². The molecule has 0 aliphatic heterocycles. The Kier molecular flexibility index (Phi) is 8.21. The zero-order valence-electron chi connectivity index (χ0n) is 11.0. The summed E-state index contributed by atoms with van der Waals surface area (Å²) in [7, 11) is 0. The Balaban J connectivity index is 3.19. The monoisotopic (exact) mass is 231 g/mol.